The smallest absolute Gasteiger partial charge is 0.132 e. The fourth-order valence-electron chi connectivity index (χ4n) is 2.92. The Hall–Kier alpha value is -0.970. The minimum atomic E-state index is -0.189. The fourth-order valence-corrected chi connectivity index (χ4v) is 2.92. The lowest BCUT2D eigenvalue weighted by Crippen LogP contribution is -2.35. The molecule has 1 aromatic carbocycles. The van der Waals surface area contributed by atoms with Gasteiger partial charge in [0.05, 0.1) is 6.61 Å². The van der Waals surface area contributed by atoms with E-state index in [1.54, 1.807) is 6.07 Å². The molecule has 0 unspecified atom stereocenters. The predicted octanol–water partition coefficient (Wildman–Crippen LogP) is 2.02. The number of rotatable bonds is 6. The summed E-state index contributed by atoms with van der Waals surface area (Å²) in [4.78, 5) is 2.20. The van der Waals surface area contributed by atoms with Gasteiger partial charge in [0.15, 0.2) is 0 Å². The molecule has 106 valence electrons. The van der Waals surface area contributed by atoms with E-state index < -0.39 is 0 Å². The number of aliphatic hydroxyl groups excluding tert-OH is 1. The number of hydrogen-bond acceptors (Lipinski definition) is 3. The first-order chi connectivity index (χ1) is 9.26. The van der Waals surface area contributed by atoms with Crippen LogP contribution in [0.3, 0.4) is 0 Å². The van der Waals surface area contributed by atoms with Crippen molar-refractivity contribution in [2.24, 2.45) is 5.73 Å². The second-order valence-corrected chi connectivity index (χ2v) is 5.23. The summed E-state index contributed by atoms with van der Waals surface area (Å²) < 4.78 is 14.2. The molecule has 1 aromatic rings. The first-order valence-electron chi connectivity index (χ1n) is 7.07. The number of halogens is 1. The number of hydrogen-bond donors (Lipinski definition) is 2. The average molecular weight is 266 g/mol. The van der Waals surface area contributed by atoms with Crippen LogP contribution < -0.4 is 5.73 Å². The number of nitrogens with two attached hydrogens (primary N) is 1. The Labute approximate surface area is 114 Å². The van der Waals surface area contributed by atoms with E-state index in [-0.39, 0.29) is 19.0 Å². The van der Waals surface area contributed by atoms with Crippen LogP contribution in [-0.2, 0) is 13.1 Å². The molecule has 0 aromatic heterocycles. The molecule has 0 atom stereocenters. The number of nitrogens with zero attached hydrogens (tertiary/aromatic N) is 1. The third-order valence-electron chi connectivity index (χ3n) is 3.98. The summed E-state index contributed by atoms with van der Waals surface area (Å²) in [7, 11) is 0. The zero-order valence-corrected chi connectivity index (χ0v) is 11.3. The van der Waals surface area contributed by atoms with Gasteiger partial charge in [-0.1, -0.05) is 31.0 Å². The standard InChI is InChI=1S/C15H23FN2O/c16-15-12(10-17)4-3-5-13(15)11-18(8-9-19)14-6-1-2-7-14/h3-5,14,19H,1-2,6-11,17H2. The highest BCUT2D eigenvalue weighted by Gasteiger charge is 2.23. The SMILES string of the molecule is NCc1cccc(CN(CCO)C2CCCC2)c1F. The first kappa shape index (κ1) is 14.4. The van der Waals surface area contributed by atoms with Gasteiger partial charge >= 0.3 is 0 Å². The van der Waals surface area contributed by atoms with Gasteiger partial charge in [-0.3, -0.25) is 4.90 Å². The fraction of sp³-hybridized carbons (Fsp3) is 0.600. The number of aliphatic hydroxyl groups is 1. The molecule has 1 aliphatic carbocycles. The average Bonchev–Trinajstić information content (AvgIpc) is 2.94. The maximum atomic E-state index is 14.2. The molecule has 0 aliphatic heterocycles. The largest absolute Gasteiger partial charge is 0.395 e. The Balaban J connectivity index is 2.11. The normalized spacial score (nSPS) is 16.4. The van der Waals surface area contributed by atoms with Crippen molar-refractivity contribution in [2.45, 2.75) is 44.8 Å². The topological polar surface area (TPSA) is 49.5 Å². The van der Waals surface area contributed by atoms with Crippen LogP contribution in [0.4, 0.5) is 4.39 Å². The van der Waals surface area contributed by atoms with Gasteiger partial charge in [0.25, 0.3) is 0 Å². The monoisotopic (exact) mass is 266 g/mol. The van der Waals surface area contributed by atoms with Gasteiger partial charge in [-0.05, 0) is 12.8 Å². The van der Waals surface area contributed by atoms with Gasteiger partial charge in [0.2, 0.25) is 0 Å². The highest BCUT2D eigenvalue weighted by Crippen LogP contribution is 2.25. The summed E-state index contributed by atoms with van der Waals surface area (Å²) in [6.07, 6.45) is 4.77. The Morgan fingerprint density at radius 3 is 2.58 bits per heavy atom. The summed E-state index contributed by atoms with van der Waals surface area (Å²) in [5.74, 6) is -0.189. The quantitative estimate of drug-likeness (QED) is 0.828. The molecule has 0 amide bonds. The van der Waals surface area contributed by atoms with Crippen molar-refractivity contribution in [2.75, 3.05) is 13.2 Å². The molecule has 0 spiro atoms. The van der Waals surface area contributed by atoms with Crippen LogP contribution in [0.2, 0.25) is 0 Å². The molecular formula is C15H23FN2O. The molecule has 19 heavy (non-hydrogen) atoms. The van der Waals surface area contributed by atoms with E-state index in [2.05, 4.69) is 4.90 Å². The third kappa shape index (κ3) is 3.53. The molecular weight excluding hydrogens is 243 g/mol. The minimum Gasteiger partial charge on any atom is -0.395 e. The zero-order valence-electron chi connectivity index (χ0n) is 11.3. The van der Waals surface area contributed by atoms with Crippen molar-refractivity contribution in [3.05, 3.63) is 35.1 Å². The van der Waals surface area contributed by atoms with Crippen molar-refractivity contribution in [3.8, 4) is 0 Å². The molecule has 1 fully saturated rings. The summed E-state index contributed by atoms with van der Waals surface area (Å²) in [5.41, 5.74) is 6.78. The van der Waals surface area contributed by atoms with Crippen LogP contribution in [0.25, 0.3) is 0 Å². The number of benzene rings is 1. The van der Waals surface area contributed by atoms with Crippen LogP contribution in [0.15, 0.2) is 18.2 Å². The maximum Gasteiger partial charge on any atom is 0.132 e. The molecule has 1 saturated carbocycles. The maximum absolute atomic E-state index is 14.2. The van der Waals surface area contributed by atoms with Crippen LogP contribution in [-0.4, -0.2) is 29.2 Å². The molecule has 0 heterocycles. The Kier molecular flexibility index (Phi) is 5.31. The predicted molar refractivity (Wildman–Crippen MR) is 74.0 cm³/mol. The van der Waals surface area contributed by atoms with Crippen molar-refractivity contribution in [1.29, 1.82) is 0 Å². The molecule has 3 N–H and O–H groups in total. The summed E-state index contributed by atoms with van der Waals surface area (Å²) in [6, 6.07) is 5.87. The molecule has 0 saturated heterocycles. The van der Waals surface area contributed by atoms with Gasteiger partial charge in [0.1, 0.15) is 5.82 Å². The van der Waals surface area contributed by atoms with E-state index >= 15 is 0 Å². The van der Waals surface area contributed by atoms with Crippen LogP contribution in [0.5, 0.6) is 0 Å². The lowest BCUT2D eigenvalue weighted by atomic mass is 10.1. The van der Waals surface area contributed by atoms with Crippen LogP contribution in [0.1, 0.15) is 36.8 Å². The molecule has 2 rings (SSSR count). The van der Waals surface area contributed by atoms with E-state index in [9.17, 15) is 9.50 Å². The second kappa shape index (κ2) is 6.98. The molecule has 0 bridgehead atoms. The van der Waals surface area contributed by atoms with E-state index in [1.807, 2.05) is 12.1 Å². The van der Waals surface area contributed by atoms with E-state index in [4.69, 9.17) is 5.73 Å². The zero-order chi connectivity index (χ0) is 13.7. The highest BCUT2D eigenvalue weighted by molar-refractivity contribution is 5.26. The summed E-state index contributed by atoms with van der Waals surface area (Å²) in [6.45, 7) is 1.51. The second-order valence-electron chi connectivity index (χ2n) is 5.23. The Bertz CT molecular complexity index is 405. The van der Waals surface area contributed by atoms with Crippen molar-refractivity contribution in [1.82, 2.24) is 4.90 Å². The van der Waals surface area contributed by atoms with E-state index in [0.29, 0.717) is 30.3 Å². The van der Waals surface area contributed by atoms with Gasteiger partial charge in [-0.15, -0.1) is 0 Å². The Morgan fingerprint density at radius 2 is 1.95 bits per heavy atom. The van der Waals surface area contributed by atoms with E-state index in [1.165, 1.54) is 12.8 Å². The van der Waals surface area contributed by atoms with Gasteiger partial charge in [0, 0.05) is 36.8 Å². The van der Waals surface area contributed by atoms with Crippen molar-refractivity contribution < 1.29 is 9.50 Å². The Morgan fingerprint density at radius 1 is 1.26 bits per heavy atom. The van der Waals surface area contributed by atoms with Crippen LogP contribution >= 0.6 is 0 Å². The first-order valence-corrected chi connectivity index (χ1v) is 7.07. The van der Waals surface area contributed by atoms with Crippen molar-refractivity contribution >= 4 is 0 Å². The minimum absolute atomic E-state index is 0.120. The van der Waals surface area contributed by atoms with E-state index in [0.717, 1.165) is 12.8 Å². The third-order valence-corrected chi connectivity index (χ3v) is 3.98. The lowest BCUT2D eigenvalue weighted by Gasteiger charge is -2.28. The lowest BCUT2D eigenvalue weighted by molar-refractivity contribution is 0.143. The van der Waals surface area contributed by atoms with Crippen LogP contribution in [0, 0.1) is 5.82 Å². The summed E-state index contributed by atoms with van der Waals surface area (Å²) in [5, 5.41) is 9.19. The summed E-state index contributed by atoms with van der Waals surface area (Å²) >= 11 is 0. The van der Waals surface area contributed by atoms with Gasteiger partial charge < -0.3 is 10.8 Å². The highest BCUT2D eigenvalue weighted by atomic mass is 19.1. The molecule has 4 heteroatoms. The van der Waals surface area contributed by atoms with Crippen molar-refractivity contribution in [3.63, 3.8) is 0 Å². The van der Waals surface area contributed by atoms with Gasteiger partial charge in [-0.2, -0.15) is 0 Å². The molecule has 0 radical (unpaired) electrons. The van der Waals surface area contributed by atoms with Gasteiger partial charge in [-0.25, -0.2) is 4.39 Å². The molecule has 1 aliphatic rings. The molecule has 3 nitrogen and oxygen atoms in total.